The van der Waals surface area contributed by atoms with E-state index in [1.54, 1.807) is 0 Å². The Balaban J connectivity index is 2.16. The molecule has 1 atom stereocenters. The minimum Gasteiger partial charge on any atom is -0.368 e. The lowest BCUT2D eigenvalue weighted by Gasteiger charge is -2.24. The molecule has 0 saturated heterocycles. The van der Waals surface area contributed by atoms with Gasteiger partial charge in [0.15, 0.2) is 5.82 Å². The van der Waals surface area contributed by atoms with Crippen molar-refractivity contribution in [2.75, 3.05) is 31.8 Å². The van der Waals surface area contributed by atoms with Gasteiger partial charge in [0, 0.05) is 25.7 Å². The molecule has 0 amide bonds. The highest BCUT2D eigenvalue weighted by atomic mass is 35.5. The average Bonchev–Trinajstić information content (AvgIpc) is 2.48. The van der Waals surface area contributed by atoms with E-state index in [9.17, 15) is 0 Å². The molecule has 0 aliphatic heterocycles. The first-order valence-electron chi connectivity index (χ1n) is 7.00. The summed E-state index contributed by atoms with van der Waals surface area (Å²) in [5.41, 5.74) is 6.96. The predicted molar refractivity (Wildman–Crippen MR) is 89.9 cm³/mol. The van der Waals surface area contributed by atoms with Crippen LogP contribution in [0, 0.1) is 0 Å². The van der Waals surface area contributed by atoms with Crippen molar-refractivity contribution in [2.45, 2.75) is 19.5 Å². The fourth-order valence-electron chi connectivity index (χ4n) is 2.00. The van der Waals surface area contributed by atoms with E-state index in [1.165, 1.54) is 5.56 Å². The van der Waals surface area contributed by atoms with Gasteiger partial charge < -0.3 is 10.6 Å². The van der Waals surface area contributed by atoms with Crippen molar-refractivity contribution in [3.8, 4) is 0 Å². The molecule has 1 aromatic heterocycles. The number of nitrogens with zero attached hydrogens (tertiary/aromatic N) is 5. The van der Waals surface area contributed by atoms with E-state index in [0.29, 0.717) is 11.8 Å². The monoisotopic (exact) mass is 320 g/mol. The molecule has 0 aliphatic carbocycles. The second kappa shape index (κ2) is 6.89. The molecular formula is C15H21ClN6. The van der Waals surface area contributed by atoms with Crippen molar-refractivity contribution in [1.82, 2.24) is 19.9 Å². The first-order valence-corrected chi connectivity index (χ1v) is 7.38. The number of hydrogen-bond acceptors (Lipinski definition) is 6. The van der Waals surface area contributed by atoms with Gasteiger partial charge in [-0.2, -0.15) is 15.0 Å². The van der Waals surface area contributed by atoms with E-state index in [1.807, 2.05) is 57.2 Å². The van der Waals surface area contributed by atoms with Crippen LogP contribution in [-0.4, -0.2) is 41.0 Å². The fourth-order valence-corrected chi connectivity index (χ4v) is 2.12. The molecule has 2 rings (SSSR count). The maximum absolute atomic E-state index is 5.91. The largest absolute Gasteiger partial charge is 0.368 e. The summed E-state index contributed by atoms with van der Waals surface area (Å²) in [7, 11) is 5.77. The molecule has 0 radical (unpaired) electrons. The highest BCUT2D eigenvalue weighted by molar-refractivity contribution is 6.30. The highest BCUT2D eigenvalue weighted by Crippen LogP contribution is 2.20. The van der Waals surface area contributed by atoms with Gasteiger partial charge in [0.1, 0.15) is 0 Å². The van der Waals surface area contributed by atoms with Crippen molar-refractivity contribution in [2.24, 2.45) is 0 Å². The Morgan fingerprint density at radius 1 is 1.09 bits per heavy atom. The van der Waals surface area contributed by atoms with Crippen LogP contribution in [0.25, 0.3) is 0 Å². The van der Waals surface area contributed by atoms with E-state index < -0.39 is 0 Å². The standard InChI is InChI=1S/C15H21ClN6/c1-10(13-18-14(17)20-15(19-13)21(2)3)22(4)9-11-5-7-12(16)8-6-11/h5-8,10H,9H2,1-4H3,(H2,17,18,19,20)/t10-/m0/s1. The van der Waals surface area contributed by atoms with Crippen LogP contribution >= 0.6 is 11.6 Å². The van der Waals surface area contributed by atoms with Gasteiger partial charge in [-0.25, -0.2) is 0 Å². The Kier molecular flexibility index (Phi) is 5.15. The summed E-state index contributed by atoms with van der Waals surface area (Å²) < 4.78 is 0. The predicted octanol–water partition coefficient (Wildman–Crippen LogP) is 2.37. The van der Waals surface area contributed by atoms with Crippen molar-refractivity contribution < 1.29 is 0 Å². The highest BCUT2D eigenvalue weighted by Gasteiger charge is 2.17. The number of halogens is 1. The third-order valence-electron chi connectivity index (χ3n) is 3.44. The van der Waals surface area contributed by atoms with E-state index >= 15 is 0 Å². The Morgan fingerprint density at radius 3 is 2.32 bits per heavy atom. The Hall–Kier alpha value is -1.92. The summed E-state index contributed by atoms with van der Waals surface area (Å²) in [6.45, 7) is 2.81. The smallest absolute Gasteiger partial charge is 0.229 e. The number of anilines is 2. The molecule has 0 aliphatic rings. The minimum atomic E-state index is 0.0136. The lowest BCUT2D eigenvalue weighted by Crippen LogP contribution is -2.25. The number of rotatable bonds is 5. The first-order chi connectivity index (χ1) is 10.4. The van der Waals surface area contributed by atoms with Crippen molar-refractivity contribution in [1.29, 1.82) is 0 Å². The van der Waals surface area contributed by atoms with Gasteiger partial charge in [0.2, 0.25) is 11.9 Å². The van der Waals surface area contributed by atoms with Gasteiger partial charge in [0.05, 0.1) is 6.04 Å². The molecule has 2 N–H and O–H groups in total. The molecule has 1 heterocycles. The van der Waals surface area contributed by atoms with Crippen LogP contribution in [0.5, 0.6) is 0 Å². The van der Waals surface area contributed by atoms with Gasteiger partial charge in [-0.3, -0.25) is 4.90 Å². The van der Waals surface area contributed by atoms with Crippen LogP contribution in [-0.2, 0) is 6.54 Å². The summed E-state index contributed by atoms with van der Waals surface area (Å²) in [4.78, 5) is 16.8. The second-order valence-electron chi connectivity index (χ2n) is 5.46. The average molecular weight is 321 g/mol. The van der Waals surface area contributed by atoms with E-state index in [4.69, 9.17) is 17.3 Å². The summed E-state index contributed by atoms with van der Waals surface area (Å²) in [6.07, 6.45) is 0. The molecule has 6 nitrogen and oxygen atoms in total. The van der Waals surface area contributed by atoms with Gasteiger partial charge in [-0.15, -0.1) is 0 Å². The van der Waals surface area contributed by atoms with Crippen molar-refractivity contribution >= 4 is 23.5 Å². The van der Waals surface area contributed by atoms with Crippen LogP contribution < -0.4 is 10.6 Å². The Labute approximate surface area is 135 Å². The molecule has 0 unspecified atom stereocenters. The van der Waals surface area contributed by atoms with Crippen molar-refractivity contribution in [3.63, 3.8) is 0 Å². The quantitative estimate of drug-likeness (QED) is 0.912. The zero-order valence-electron chi connectivity index (χ0n) is 13.3. The molecule has 0 fully saturated rings. The number of nitrogens with two attached hydrogens (primary N) is 1. The topological polar surface area (TPSA) is 71.2 Å². The summed E-state index contributed by atoms with van der Waals surface area (Å²) in [6, 6.07) is 7.82. The zero-order valence-corrected chi connectivity index (χ0v) is 14.0. The van der Waals surface area contributed by atoms with Crippen LogP contribution in [0.2, 0.25) is 5.02 Å². The van der Waals surface area contributed by atoms with Crippen LogP contribution in [0.15, 0.2) is 24.3 Å². The molecule has 2 aromatic rings. The number of benzene rings is 1. The Morgan fingerprint density at radius 2 is 1.73 bits per heavy atom. The Bertz CT molecular complexity index is 628. The summed E-state index contributed by atoms with van der Waals surface area (Å²) in [5.74, 6) is 1.46. The maximum atomic E-state index is 5.91. The minimum absolute atomic E-state index is 0.0136. The SMILES string of the molecule is C[C@@H](c1nc(N)nc(N(C)C)n1)N(C)Cc1ccc(Cl)cc1. The van der Waals surface area contributed by atoms with E-state index in [-0.39, 0.29) is 12.0 Å². The number of aromatic nitrogens is 3. The summed E-state index contributed by atoms with van der Waals surface area (Å²) in [5, 5.41) is 0.736. The molecule has 7 heteroatoms. The third-order valence-corrected chi connectivity index (χ3v) is 3.69. The maximum Gasteiger partial charge on any atom is 0.229 e. The van der Waals surface area contributed by atoms with Crippen LogP contribution in [0.4, 0.5) is 11.9 Å². The van der Waals surface area contributed by atoms with Crippen LogP contribution in [0.1, 0.15) is 24.4 Å². The lowest BCUT2D eigenvalue weighted by molar-refractivity contribution is 0.243. The molecule has 0 spiro atoms. The second-order valence-corrected chi connectivity index (χ2v) is 5.90. The van der Waals surface area contributed by atoms with E-state index in [2.05, 4.69) is 19.9 Å². The fraction of sp³-hybridized carbons (Fsp3) is 0.400. The molecule has 118 valence electrons. The zero-order chi connectivity index (χ0) is 16.3. The van der Waals surface area contributed by atoms with Gasteiger partial charge >= 0.3 is 0 Å². The number of hydrogen-bond donors (Lipinski definition) is 1. The van der Waals surface area contributed by atoms with Crippen LogP contribution in [0.3, 0.4) is 0 Å². The molecule has 1 aromatic carbocycles. The van der Waals surface area contributed by atoms with Crippen molar-refractivity contribution in [3.05, 3.63) is 40.7 Å². The molecule has 0 saturated carbocycles. The van der Waals surface area contributed by atoms with E-state index in [0.717, 1.165) is 11.6 Å². The normalized spacial score (nSPS) is 12.5. The molecule has 22 heavy (non-hydrogen) atoms. The first kappa shape index (κ1) is 16.5. The summed E-state index contributed by atoms with van der Waals surface area (Å²) >= 11 is 5.91. The third kappa shape index (κ3) is 4.05. The van der Waals surface area contributed by atoms with Gasteiger partial charge in [-0.1, -0.05) is 23.7 Å². The number of nitrogen functional groups attached to an aromatic ring is 1. The molecular weight excluding hydrogens is 300 g/mol. The molecule has 0 bridgehead atoms. The van der Waals surface area contributed by atoms with Gasteiger partial charge in [0.25, 0.3) is 0 Å². The lowest BCUT2D eigenvalue weighted by atomic mass is 10.2. The van der Waals surface area contributed by atoms with Gasteiger partial charge in [-0.05, 0) is 31.7 Å².